The molecule has 0 aliphatic carbocycles. The van der Waals surface area contributed by atoms with Crippen molar-refractivity contribution in [3.8, 4) is 17.6 Å². The Hall–Kier alpha value is -2.47. The fraction of sp³-hybridized carbons (Fsp3) is 0.188. The van der Waals surface area contributed by atoms with Gasteiger partial charge in [0.15, 0.2) is 11.5 Å². The predicted molar refractivity (Wildman–Crippen MR) is 73.1 cm³/mol. The summed E-state index contributed by atoms with van der Waals surface area (Å²) in [5, 5.41) is 8.68. The summed E-state index contributed by atoms with van der Waals surface area (Å²) in [5.74, 6) is 1.34. The zero-order valence-corrected chi connectivity index (χ0v) is 10.8. The van der Waals surface area contributed by atoms with E-state index in [1.54, 1.807) is 7.11 Å². The number of hydrogen-bond acceptors (Lipinski definition) is 3. The highest BCUT2D eigenvalue weighted by atomic mass is 16.5. The number of hydrogen-bond donors (Lipinski definition) is 0. The van der Waals surface area contributed by atoms with E-state index in [1.165, 1.54) is 0 Å². The van der Waals surface area contributed by atoms with Crippen LogP contribution in [0.25, 0.3) is 0 Å². The summed E-state index contributed by atoms with van der Waals surface area (Å²) in [5.41, 5.74) is 2.03. The molecule has 0 atom stereocenters. The molecular formula is C16H15NO2. The molecule has 0 saturated heterocycles. The summed E-state index contributed by atoms with van der Waals surface area (Å²) < 4.78 is 11.0. The van der Waals surface area contributed by atoms with Crippen molar-refractivity contribution in [2.24, 2.45) is 0 Å². The van der Waals surface area contributed by atoms with Crippen molar-refractivity contribution in [1.82, 2.24) is 0 Å². The minimum atomic E-state index is 0.370. The van der Waals surface area contributed by atoms with Crippen LogP contribution in [0.4, 0.5) is 0 Å². The van der Waals surface area contributed by atoms with Gasteiger partial charge < -0.3 is 9.47 Å². The Morgan fingerprint density at radius 1 is 1.00 bits per heavy atom. The second-order valence-electron chi connectivity index (χ2n) is 4.09. The molecule has 19 heavy (non-hydrogen) atoms. The maximum Gasteiger partial charge on any atom is 0.161 e. The van der Waals surface area contributed by atoms with Crippen molar-refractivity contribution in [2.45, 2.75) is 13.0 Å². The van der Waals surface area contributed by atoms with Crippen LogP contribution in [0.15, 0.2) is 48.5 Å². The van der Waals surface area contributed by atoms with Gasteiger partial charge in [-0.25, -0.2) is 0 Å². The van der Waals surface area contributed by atoms with Crippen molar-refractivity contribution in [3.05, 3.63) is 59.7 Å². The molecule has 96 valence electrons. The lowest BCUT2D eigenvalue weighted by atomic mass is 10.1. The number of ether oxygens (including phenoxy) is 2. The largest absolute Gasteiger partial charge is 0.493 e. The average Bonchev–Trinajstić information content (AvgIpc) is 2.47. The molecule has 0 fully saturated rings. The Bertz CT molecular complexity index is 573. The molecule has 0 aromatic heterocycles. The molecule has 3 heteroatoms. The minimum Gasteiger partial charge on any atom is -0.493 e. The maximum absolute atomic E-state index is 8.68. The van der Waals surface area contributed by atoms with Crippen molar-refractivity contribution in [3.63, 3.8) is 0 Å². The summed E-state index contributed by atoms with van der Waals surface area (Å²) in [6.07, 6.45) is 0.370. The van der Waals surface area contributed by atoms with Gasteiger partial charge in [-0.15, -0.1) is 0 Å². The molecule has 0 aliphatic rings. The molecule has 3 nitrogen and oxygen atoms in total. The van der Waals surface area contributed by atoms with Crippen LogP contribution in [-0.4, -0.2) is 7.11 Å². The molecule has 0 amide bonds. The smallest absolute Gasteiger partial charge is 0.161 e. The third-order valence-corrected chi connectivity index (χ3v) is 2.75. The Morgan fingerprint density at radius 3 is 2.47 bits per heavy atom. The fourth-order valence-electron chi connectivity index (χ4n) is 1.77. The highest BCUT2D eigenvalue weighted by molar-refractivity contribution is 5.43. The zero-order chi connectivity index (χ0) is 13.5. The van der Waals surface area contributed by atoms with Gasteiger partial charge in [0.2, 0.25) is 0 Å². The summed E-state index contributed by atoms with van der Waals surface area (Å²) in [7, 11) is 1.60. The van der Waals surface area contributed by atoms with E-state index in [4.69, 9.17) is 14.7 Å². The van der Waals surface area contributed by atoms with Gasteiger partial charge in [-0.2, -0.15) is 5.26 Å². The van der Waals surface area contributed by atoms with Crippen LogP contribution in [0.1, 0.15) is 11.1 Å². The quantitative estimate of drug-likeness (QED) is 0.820. The van der Waals surface area contributed by atoms with Crippen molar-refractivity contribution in [1.29, 1.82) is 5.26 Å². The van der Waals surface area contributed by atoms with Crippen molar-refractivity contribution in [2.75, 3.05) is 7.11 Å². The van der Waals surface area contributed by atoms with Crippen LogP contribution in [0.3, 0.4) is 0 Å². The third-order valence-electron chi connectivity index (χ3n) is 2.75. The molecule has 0 bridgehead atoms. The Kier molecular flexibility index (Phi) is 4.41. The summed E-state index contributed by atoms with van der Waals surface area (Å²) in [6.45, 7) is 0.495. The van der Waals surface area contributed by atoms with Crippen LogP contribution in [0, 0.1) is 11.3 Å². The first kappa shape index (κ1) is 13.0. The van der Waals surface area contributed by atoms with E-state index in [-0.39, 0.29) is 0 Å². The number of rotatable bonds is 5. The van der Waals surface area contributed by atoms with E-state index in [2.05, 4.69) is 6.07 Å². The SMILES string of the molecule is COc1cc(CC#N)ccc1OCc1ccccc1. The highest BCUT2D eigenvalue weighted by Crippen LogP contribution is 2.28. The van der Waals surface area contributed by atoms with Crippen molar-refractivity contribution < 1.29 is 9.47 Å². The minimum absolute atomic E-state index is 0.370. The van der Waals surface area contributed by atoms with Gasteiger partial charge >= 0.3 is 0 Å². The standard InChI is InChI=1S/C16H15NO2/c1-18-16-11-13(9-10-17)7-8-15(16)19-12-14-5-3-2-4-6-14/h2-8,11H,9,12H2,1H3. The molecule has 2 aromatic carbocycles. The predicted octanol–water partition coefficient (Wildman–Crippen LogP) is 3.34. The third kappa shape index (κ3) is 3.49. The number of nitriles is 1. The molecule has 0 heterocycles. The lowest BCUT2D eigenvalue weighted by Gasteiger charge is -2.11. The number of benzene rings is 2. The molecule has 0 spiro atoms. The molecule has 0 saturated carbocycles. The Labute approximate surface area is 113 Å². The van der Waals surface area contributed by atoms with Gasteiger partial charge in [0, 0.05) is 0 Å². The lowest BCUT2D eigenvalue weighted by Crippen LogP contribution is -1.98. The molecule has 0 unspecified atom stereocenters. The van der Waals surface area contributed by atoms with Gasteiger partial charge in [-0.1, -0.05) is 36.4 Å². The molecule has 0 radical (unpaired) electrons. The first-order chi connectivity index (χ1) is 9.33. The second-order valence-corrected chi connectivity index (χ2v) is 4.09. The van der Waals surface area contributed by atoms with E-state index in [0.29, 0.717) is 24.5 Å². The summed E-state index contributed by atoms with van der Waals surface area (Å²) >= 11 is 0. The van der Waals surface area contributed by atoms with E-state index >= 15 is 0 Å². The first-order valence-electron chi connectivity index (χ1n) is 6.04. The summed E-state index contributed by atoms with van der Waals surface area (Å²) in [6, 6.07) is 17.6. The van der Waals surface area contributed by atoms with Crippen LogP contribution >= 0.6 is 0 Å². The number of nitrogens with zero attached hydrogens (tertiary/aromatic N) is 1. The van der Waals surface area contributed by atoms with Crippen LogP contribution < -0.4 is 9.47 Å². The van der Waals surface area contributed by atoms with Gasteiger partial charge in [0.1, 0.15) is 6.61 Å². The number of methoxy groups -OCH3 is 1. The van der Waals surface area contributed by atoms with Crippen LogP contribution in [0.5, 0.6) is 11.5 Å². The Morgan fingerprint density at radius 2 is 1.79 bits per heavy atom. The average molecular weight is 253 g/mol. The van der Waals surface area contributed by atoms with Crippen LogP contribution in [0.2, 0.25) is 0 Å². The molecule has 2 aromatic rings. The van der Waals surface area contributed by atoms with E-state index in [9.17, 15) is 0 Å². The van der Waals surface area contributed by atoms with Crippen molar-refractivity contribution >= 4 is 0 Å². The Balaban J connectivity index is 2.10. The van der Waals surface area contributed by atoms with E-state index in [0.717, 1.165) is 11.1 Å². The van der Waals surface area contributed by atoms with Gasteiger partial charge in [0.05, 0.1) is 19.6 Å². The lowest BCUT2D eigenvalue weighted by molar-refractivity contribution is 0.284. The second kappa shape index (κ2) is 6.46. The molecule has 0 N–H and O–H groups in total. The van der Waals surface area contributed by atoms with Crippen LogP contribution in [-0.2, 0) is 13.0 Å². The van der Waals surface area contributed by atoms with Gasteiger partial charge in [0.25, 0.3) is 0 Å². The highest BCUT2D eigenvalue weighted by Gasteiger charge is 2.06. The zero-order valence-electron chi connectivity index (χ0n) is 10.8. The first-order valence-corrected chi connectivity index (χ1v) is 6.04. The topological polar surface area (TPSA) is 42.2 Å². The monoisotopic (exact) mass is 253 g/mol. The molecule has 2 rings (SSSR count). The van der Waals surface area contributed by atoms with E-state index < -0.39 is 0 Å². The van der Waals surface area contributed by atoms with E-state index in [1.807, 2.05) is 48.5 Å². The molecular weight excluding hydrogens is 238 g/mol. The van der Waals surface area contributed by atoms with Gasteiger partial charge in [-0.05, 0) is 23.3 Å². The summed E-state index contributed by atoms with van der Waals surface area (Å²) in [4.78, 5) is 0. The normalized spacial score (nSPS) is 9.68. The fourth-order valence-corrected chi connectivity index (χ4v) is 1.77. The molecule has 0 aliphatic heterocycles. The van der Waals surface area contributed by atoms with Gasteiger partial charge in [-0.3, -0.25) is 0 Å². The maximum atomic E-state index is 8.68.